The first-order valence-corrected chi connectivity index (χ1v) is 12.6. The lowest BCUT2D eigenvalue weighted by Gasteiger charge is -2.34. The van der Waals surface area contributed by atoms with E-state index in [2.05, 4.69) is 20.0 Å². The van der Waals surface area contributed by atoms with Crippen molar-refractivity contribution < 1.29 is 8.42 Å². The van der Waals surface area contributed by atoms with Crippen LogP contribution in [0.2, 0.25) is 5.02 Å². The van der Waals surface area contributed by atoms with Crippen molar-refractivity contribution in [2.24, 2.45) is 0 Å². The molecule has 0 amide bonds. The third-order valence-corrected chi connectivity index (χ3v) is 7.85. The lowest BCUT2D eigenvalue weighted by Crippen LogP contribution is -2.49. The Bertz CT molecular complexity index is 938. The summed E-state index contributed by atoms with van der Waals surface area (Å²) in [6.45, 7) is 4.17. The average Bonchev–Trinajstić information content (AvgIpc) is 3.03. The number of hydrogen-bond donors (Lipinski definition) is 0. The molecule has 2 fully saturated rings. The summed E-state index contributed by atoms with van der Waals surface area (Å²) in [6.07, 6.45) is 4.98. The molecule has 1 aromatic carbocycles. The number of anilines is 2. The number of benzene rings is 1. The highest BCUT2D eigenvalue weighted by molar-refractivity contribution is 7.88. The molecule has 0 bridgehead atoms. The molecule has 2 aliphatic rings. The van der Waals surface area contributed by atoms with E-state index in [1.807, 2.05) is 12.1 Å². The molecule has 0 atom stereocenters. The lowest BCUT2D eigenvalue weighted by molar-refractivity contribution is 0.383. The van der Waals surface area contributed by atoms with Gasteiger partial charge in [0.2, 0.25) is 10.0 Å². The topological polar surface area (TPSA) is 69.6 Å². The molecule has 2 saturated heterocycles. The molecule has 1 aromatic heterocycles. The van der Waals surface area contributed by atoms with Gasteiger partial charge < -0.3 is 9.80 Å². The summed E-state index contributed by atoms with van der Waals surface area (Å²) in [5.41, 5.74) is 0.708. The highest BCUT2D eigenvalue weighted by atomic mass is 35.5. The van der Waals surface area contributed by atoms with Gasteiger partial charge in [-0.25, -0.2) is 8.42 Å². The van der Waals surface area contributed by atoms with E-state index in [0.29, 0.717) is 36.8 Å². The molecule has 9 heteroatoms. The molecule has 30 heavy (non-hydrogen) atoms. The van der Waals surface area contributed by atoms with Crippen molar-refractivity contribution in [2.45, 2.75) is 31.4 Å². The summed E-state index contributed by atoms with van der Waals surface area (Å²) in [7, 11) is -3.38. The maximum absolute atomic E-state index is 12.8. The molecule has 0 spiro atoms. The average molecular weight is 450 g/mol. The summed E-state index contributed by atoms with van der Waals surface area (Å²) >= 11 is 5.98. The third-order valence-electron chi connectivity index (χ3n) is 5.76. The van der Waals surface area contributed by atoms with Crippen LogP contribution in [0.3, 0.4) is 0 Å². The second-order valence-corrected chi connectivity index (χ2v) is 10.3. The number of hydrogen-bond acceptors (Lipinski definition) is 6. The molecule has 2 aliphatic heterocycles. The first kappa shape index (κ1) is 21.3. The number of piperazine rings is 1. The first-order chi connectivity index (χ1) is 14.5. The quantitative estimate of drug-likeness (QED) is 0.698. The van der Waals surface area contributed by atoms with Crippen LogP contribution in [0, 0.1) is 0 Å². The van der Waals surface area contributed by atoms with Gasteiger partial charge in [0.05, 0.1) is 5.75 Å². The Labute approximate surface area is 183 Å². The van der Waals surface area contributed by atoms with Crippen molar-refractivity contribution in [3.8, 4) is 0 Å². The van der Waals surface area contributed by atoms with Gasteiger partial charge in [0, 0.05) is 44.3 Å². The summed E-state index contributed by atoms with van der Waals surface area (Å²) in [5, 5.41) is 9.42. The van der Waals surface area contributed by atoms with Crippen molar-refractivity contribution in [2.75, 3.05) is 49.1 Å². The van der Waals surface area contributed by atoms with Gasteiger partial charge in [0.1, 0.15) is 0 Å². The van der Waals surface area contributed by atoms with Gasteiger partial charge in [-0.05, 0) is 42.7 Å². The zero-order valence-corrected chi connectivity index (χ0v) is 18.7. The van der Waals surface area contributed by atoms with E-state index in [-0.39, 0.29) is 5.75 Å². The van der Waals surface area contributed by atoms with E-state index >= 15 is 0 Å². The van der Waals surface area contributed by atoms with Crippen LogP contribution in [0.5, 0.6) is 0 Å². The van der Waals surface area contributed by atoms with Crippen molar-refractivity contribution in [3.63, 3.8) is 0 Å². The monoisotopic (exact) mass is 449 g/mol. The summed E-state index contributed by atoms with van der Waals surface area (Å²) in [4.78, 5) is 4.41. The summed E-state index contributed by atoms with van der Waals surface area (Å²) in [6, 6.07) is 11.1. The molecule has 0 aliphatic carbocycles. The number of sulfonamides is 1. The molecule has 162 valence electrons. The number of nitrogens with zero attached hydrogens (tertiary/aromatic N) is 5. The summed E-state index contributed by atoms with van der Waals surface area (Å²) in [5.74, 6) is 1.71. The van der Waals surface area contributed by atoms with Crippen LogP contribution in [-0.2, 0) is 15.8 Å². The van der Waals surface area contributed by atoms with Crippen LogP contribution in [0.25, 0.3) is 0 Å². The number of halogens is 1. The van der Waals surface area contributed by atoms with E-state index < -0.39 is 10.0 Å². The predicted molar refractivity (Wildman–Crippen MR) is 121 cm³/mol. The highest BCUT2D eigenvalue weighted by Crippen LogP contribution is 2.21. The Balaban J connectivity index is 1.34. The first-order valence-electron chi connectivity index (χ1n) is 10.6. The van der Waals surface area contributed by atoms with E-state index in [9.17, 15) is 8.42 Å². The van der Waals surface area contributed by atoms with E-state index in [1.165, 1.54) is 25.7 Å². The molecule has 0 saturated carbocycles. The summed E-state index contributed by atoms with van der Waals surface area (Å²) < 4.78 is 27.1. The fourth-order valence-electron chi connectivity index (χ4n) is 4.08. The molecule has 3 heterocycles. The zero-order chi connectivity index (χ0) is 21.0. The molecule has 0 N–H and O–H groups in total. The van der Waals surface area contributed by atoms with Gasteiger partial charge in [0.15, 0.2) is 11.6 Å². The minimum absolute atomic E-state index is 0.0299. The van der Waals surface area contributed by atoms with Gasteiger partial charge >= 0.3 is 0 Å². The number of rotatable bonds is 5. The maximum Gasteiger partial charge on any atom is 0.218 e. The normalized spacial score (nSPS) is 19.0. The minimum Gasteiger partial charge on any atom is -0.355 e. The maximum atomic E-state index is 12.8. The highest BCUT2D eigenvalue weighted by Gasteiger charge is 2.28. The van der Waals surface area contributed by atoms with Crippen molar-refractivity contribution in [1.29, 1.82) is 0 Å². The smallest absolute Gasteiger partial charge is 0.218 e. The predicted octanol–water partition coefficient (Wildman–Crippen LogP) is 3.16. The Kier molecular flexibility index (Phi) is 6.75. The fraction of sp³-hybridized carbons (Fsp3) is 0.524. The standard InChI is InChI=1S/C21H28ClN5O2S/c22-19-7-5-6-18(16-19)17-30(28,29)27-14-12-26(13-15-27)21-9-8-20(23-24-21)25-10-3-1-2-4-11-25/h5-9,16H,1-4,10-15,17H2. The van der Waals surface area contributed by atoms with E-state index in [0.717, 1.165) is 24.7 Å². The van der Waals surface area contributed by atoms with Crippen LogP contribution in [-0.4, -0.2) is 62.2 Å². The van der Waals surface area contributed by atoms with Crippen molar-refractivity contribution in [1.82, 2.24) is 14.5 Å². The second-order valence-electron chi connectivity index (χ2n) is 7.92. The molecule has 0 radical (unpaired) electrons. The third kappa shape index (κ3) is 5.22. The van der Waals surface area contributed by atoms with Gasteiger partial charge in [-0.15, -0.1) is 10.2 Å². The molecule has 4 rings (SSSR count). The van der Waals surface area contributed by atoms with Crippen molar-refractivity contribution >= 4 is 33.3 Å². The SMILES string of the molecule is O=S(=O)(Cc1cccc(Cl)c1)N1CCN(c2ccc(N3CCCCCC3)nn2)CC1. The molecule has 2 aromatic rings. The Morgan fingerprint density at radius 3 is 1.97 bits per heavy atom. The van der Waals surface area contributed by atoms with E-state index in [1.54, 1.807) is 28.6 Å². The van der Waals surface area contributed by atoms with Crippen molar-refractivity contribution in [3.05, 3.63) is 47.0 Å². The zero-order valence-electron chi connectivity index (χ0n) is 17.1. The van der Waals surface area contributed by atoms with Crippen LogP contribution >= 0.6 is 11.6 Å². The molecular formula is C21H28ClN5O2S. The van der Waals surface area contributed by atoms with Gasteiger partial charge in [-0.3, -0.25) is 0 Å². The largest absolute Gasteiger partial charge is 0.355 e. The fourth-order valence-corrected chi connectivity index (χ4v) is 5.80. The van der Waals surface area contributed by atoms with E-state index in [4.69, 9.17) is 11.6 Å². The molecule has 0 unspecified atom stereocenters. The number of aromatic nitrogens is 2. The Hall–Kier alpha value is -1.90. The molecule has 7 nitrogen and oxygen atoms in total. The Morgan fingerprint density at radius 2 is 1.40 bits per heavy atom. The molecular weight excluding hydrogens is 422 g/mol. The van der Waals surface area contributed by atoms with Crippen LogP contribution in [0.4, 0.5) is 11.6 Å². The van der Waals surface area contributed by atoms with Gasteiger partial charge in [-0.2, -0.15) is 4.31 Å². The van der Waals surface area contributed by atoms with Crippen LogP contribution in [0.15, 0.2) is 36.4 Å². The van der Waals surface area contributed by atoms with Gasteiger partial charge in [0.25, 0.3) is 0 Å². The van der Waals surface area contributed by atoms with Gasteiger partial charge in [-0.1, -0.05) is 36.6 Å². The van der Waals surface area contributed by atoms with Crippen LogP contribution in [0.1, 0.15) is 31.2 Å². The van der Waals surface area contributed by atoms with Crippen LogP contribution < -0.4 is 9.80 Å². The minimum atomic E-state index is -3.38. The lowest BCUT2D eigenvalue weighted by atomic mass is 10.2. The second kappa shape index (κ2) is 9.49. The Morgan fingerprint density at radius 1 is 0.800 bits per heavy atom.